The maximum Gasteiger partial charge on any atom is 0.277 e. The van der Waals surface area contributed by atoms with Crippen molar-refractivity contribution in [3.05, 3.63) is 125 Å². The van der Waals surface area contributed by atoms with E-state index in [1.54, 1.807) is 0 Å². The first-order chi connectivity index (χ1) is 25.2. The first-order valence-electron chi connectivity index (χ1n) is 19.2. The van der Waals surface area contributed by atoms with Crippen molar-refractivity contribution < 1.29 is 0 Å². The zero-order valence-electron chi connectivity index (χ0n) is 32.4. The van der Waals surface area contributed by atoms with Crippen molar-refractivity contribution >= 4 is 98.7 Å². The third kappa shape index (κ3) is 5.03. The molecule has 2 aliphatic heterocycles. The van der Waals surface area contributed by atoms with E-state index in [2.05, 4.69) is 169 Å². The van der Waals surface area contributed by atoms with Crippen molar-refractivity contribution in [2.75, 3.05) is 9.80 Å². The lowest BCUT2D eigenvalue weighted by atomic mass is 9.39. The zero-order valence-corrected chi connectivity index (χ0v) is 34.1. The molecule has 0 saturated heterocycles. The highest BCUT2D eigenvalue weighted by Crippen LogP contribution is 2.52. The van der Waals surface area contributed by atoms with Gasteiger partial charge < -0.3 is 9.80 Å². The molecule has 0 saturated carbocycles. The average molecular weight is 727 g/mol. The lowest BCUT2D eigenvalue weighted by molar-refractivity contribution is 0.392. The average Bonchev–Trinajstić information content (AvgIpc) is 3.75. The summed E-state index contributed by atoms with van der Waals surface area (Å²) in [5.41, 5.74) is 16.7. The normalized spacial score (nSPS) is 15.9. The smallest absolute Gasteiger partial charge is 0.277 e. The lowest BCUT2D eigenvalue weighted by Crippen LogP contribution is -2.59. The summed E-state index contributed by atoms with van der Waals surface area (Å²) < 4.78 is 5.68. The number of thiophene rings is 2. The van der Waals surface area contributed by atoms with Crippen LogP contribution in [-0.4, -0.2) is 6.71 Å². The van der Waals surface area contributed by atoms with Gasteiger partial charge >= 0.3 is 0 Å². The summed E-state index contributed by atoms with van der Waals surface area (Å²) in [5.74, 6) is 0. The summed E-state index contributed by atoms with van der Waals surface area (Å²) in [6.45, 7) is 21.1. The number of hydrogen-bond donors (Lipinski definition) is 0. The van der Waals surface area contributed by atoms with Gasteiger partial charge in [-0.05, 0) is 124 Å². The fourth-order valence-corrected chi connectivity index (χ4v) is 12.1. The Bertz CT molecular complexity index is 2630. The van der Waals surface area contributed by atoms with Crippen molar-refractivity contribution in [2.45, 2.75) is 86.0 Å². The number of benzene rings is 5. The largest absolute Gasteiger partial charge is 0.310 e. The predicted octanol–water partition coefficient (Wildman–Crippen LogP) is 12.2. The summed E-state index contributed by atoms with van der Waals surface area (Å²) in [5, 5.41) is 2.74. The second-order valence-corrected chi connectivity index (χ2v) is 20.8. The van der Waals surface area contributed by atoms with E-state index in [1.165, 1.54) is 97.1 Å². The fraction of sp³-hybridized carbons (Fsp3) is 0.292. The summed E-state index contributed by atoms with van der Waals surface area (Å²) >= 11 is 4.03. The van der Waals surface area contributed by atoms with Crippen LogP contribution in [-0.2, 0) is 23.7 Å². The highest BCUT2D eigenvalue weighted by Gasteiger charge is 2.47. The topological polar surface area (TPSA) is 6.48 Å². The van der Waals surface area contributed by atoms with E-state index in [0.29, 0.717) is 5.41 Å². The third-order valence-electron chi connectivity index (χ3n) is 11.9. The van der Waals surface area contributed by atoms with Gasteiger partial charge in [-0.15, -0.1) is 22.7 Å². The standard InChI is InChI=1S/C48H47BN2S2/c1-28-22-37-41-38(23-28)51(34-20-16-32(17-21-34)47(5,6)7)43-36-24-29-26-48(8,9)27-30(29)25-40(36)53-45(43)49(41)44-42(35-12-10-11-13-39(35)52-44)50(37)33-18-14-31(15-19-33)46(2,3)4/h10-25H,26-27H2,1-9H3. The first-order valence-corrected chi connectivity index (χ1v) is 20.9. The van der Waals surface area contributed by atoms with E-state index in [-0.39, 0.29) is 17.5 Å². The van der Waals surface area contributed by atoms with Crippen LogP contribution < -0.4 is 24.8 Å². The van der Waals surface area contributed by atoms with Gasteiger partial charge in [0.1, 0.15) is 0 Å². The third-order valence-corrected chi connectivity index (χ3v) is 14.4. The van der Waals surface area contributed by atoms with Crippen LogP contribution in [0.15, 0.2) is 97.1 Å². The van der Waals surface area contributed by atoms with Crippen LogP contribution in [0.5, 0.6) is 0 Å². The van der Waals surface area contributed by atoms with E-state index < -0.39 is 0 Å². The Hall–Kier alpha value is -4.32. The molecule has 0 bridgehead atoms. The summed E-state index contributed by atoms with van der Waals surface area (Å²) in [6, 6.07) is 37.9. The van der Waals surface area contributed by atoms with Gasteiger partial charge in [0, 0.05) is 52.5 Å². The Morgan fingerprint density at radius 1 is 0.585 bits per heavy atom. The van der Waals surface area contributed by atoms with Crippen LogP contribution in [0.1, 0.15) is 83.2 Å². The molecule has 53 heavy (non-hydrogen) atoms. The van der Waals surface area contributed by atoms with Crippen LogP contribution in [0.4, 0.5) is 34.1 Å². The highest BCUT2D eigenvalue weighted by atomic mass is 32.1. The SMILES string of the molecule is Cc1cc2c3c(c1)N(c1ccc(C(C)(C)C)cc1)c1c(sc4cc5c(cc14)CC(C)(C)C5)B3c1sc3ccccc3c1N2c1ccc(C(C)(C)C)cc1. The summed E-state index contributed by atoms with van der Waals surface area (Å²) in [4.78, 5) is 5.23. The van der Waals surface area contributed by atoms with Crippen LogP contribution in [0, 0.1) is 12.3 Å². The number of nitrogens with zero attached hydrogens (tertiary/aromatic N) is 2. The lowest BCUT2D eigenvalue weighted by Gasteiger charge is -2.42. The predicted molar refractivity (Wildman–Crippen MR) is 235 cm³/mol. The van der Waals surface area contributed by atoms with Gasteiger partial charge in [0.15, 0.2) is 0 Å². The molecule has 5 heteroatoms. The number of rotatable bonds is 2. The molecule has 0 fully saturated rings. The minimum Gasteiger partial charge on any atom is -0.310 e. The van der Waals surface area contributed by atoms with Crippen molar-refractivity contribution in [3.63, 3.8) is 0 Å². The molecule has 0 atom stereocenters. The molecule has 5 aromatic carbocycles. The van der Waals surface area contributed by atoms with Crippen molar-refractivity contribution in [1.82, 2.24) is 0 Å². The molecule has 264 valence electrons. The second-order valence-electron chi connectivity index (χ2n) is 18.7. The van der Waals surface area contributed by atoms with E-state index >= 15 is 0 Å². The molecular weight excluding hydrogens is 679 g/mol. The Kier molecular flexibility index (Phi) is 6.98. The Morgan fingerprint density at radius 3 is 1.62 bits per heavy atom. The van der Waals surface area contributed by atoms with Gasteiger partial charge in [-0.2, -0.15) is 0 Å². The number of anilines is 6. The zero-order chi connectivity index (χ0) is 36.8. The summed E-state index contributed by atoms with van der Waals surface area (Å²) in [7, 11) is 0. The fourth-order valence-electron chi connectivity index (χ4n) is 9.37. The van der Waals surface area contributed by atoms with E-state index in [0.717, 1.165) is 12.8 Å². The van der Waals surface area contributed by atoms with Gasteiger partial charge in [0.2, 0.25) is 0 Å². The van der Waals surface area contributed by atoms with Crippen molar-refractivity contribution in [2.24, 2.45) is 5.41 Å². The number of hydrogen-bond acceptors (Lipinski definition) is 4. The first kappa shape index (κ1) is 33.3. The molecular formula is C48H47BN2S2. The monoisotopic (exact) mass is 726 g/mol. The molecule has 0 unspecified atom stereocenters. The van der Waals surface area contributed by atoms with Gasteiger partial charge in [0.25, 0.3) is 6.71 Å². The molecule has 0 amide bonds. The van der Waals surface area contributed by atoms with Crippen LogP contribution in [0.3, 0.4) is 0 Å². The molecule has 2 aromatic heterocycles. The number of aryl methyl sites for hydroxylation is 1. The second kappa shape index (κ2) is 11.1. The molecule has 10 rings (SSSR count). The molecule has 7 aromatic rings. The molecule has 1 aliphatic carbocycles. The van der Waals surface area contributed by atoms with Gasteiger partial charge in [-0.3, -0.25) is 0 Å². The maximum absolute atomic E-state index is 2.63. The van der Waals surface area contributed by atoms with E-state index in [9.17, 15) is 0 Å². The Labute approximate surface area is 323 Å². The highest BCUT2D eigenvalue weighted by molar-refractivity contribution is 7.40. The minimum absolute atomic E-state index is 0.0856. The molecule has 2 nitrogen and oxygen atoms in total. The van der Waals surface area contributed by atoms with Gasteiger partial charge in [-0.25, -0.2) is 0 Å². The molecule has 0 N–H and O–H groups in total. The quantitative estimate of drug-likeness (QED) is 0.164. The molecule has 4 heterocycles. The molecule has 0 radical (unpaired) electrons. The van der Waals surface area contributed by atoms with E-state index in [1.807, 2.05) is 22.7 Å². The van der Waals surface area contributed by atoms with Gasteiger partial charge in [-0.1, -0.05) is 97.9 Å². The molecule has 0 spiro atoms. The Balaban J connectivity index is 1.29. The van der Waals surface area contributed by atoms with Crippen molar-refractivity contribution in [1.29, 1.82) is 0 Å². The van der Waals surface area contributed by atoms with Crippen LogP contribution in [0.2, 0.25) is 0 Å². The number of fused-ring (bicyclic) bond motifs is 9. The summed E-state index contributed by atoms with van der Waals surface area (Å²) in [6.07, 6.45) is 2.28. The maximum atomic E-state index is 2.63. The molecule has 3 aliphatic rings. The minimum atomic E-state index is 0.0856. The van der Waals surface area contributed by atoms with Gasteiger partial charge in [0.05, 0.1) is 11.4 Å². The van der Waals surface area contributed by atoms with Crippen LogP contribution in [0.25, 0.3) is 20.2 Å². The Morgan fingerprint density at radius 2 is 1.08 bits per heavy atom. The van der Waals surface area contributed by atoms with Crippen LogP contribution >= 0.6 is 22.7 Å². The van der Waals surface area contributed by atoms with Crippen molar-refractivity contribution in [3.8, 4) is 0 Å². The van der Waals surface area contributed by atoms with E-state index in [4.69, 9.17) is 0 Å².